The number of carbonyl (C=O) groups excluding carboxylic acids is 3. The van der Waals surface area contributed by atoms with E-state index in [-0.39, 0.29) is 24.0 Å². The third-order valence-corrected chi connectivity index (χ3v) is 7.92. The van der Waals surface area contributed by atoms with Gasteiger partial charge in [0.1, 0.15) is 23.4 Å². The van der Waals surface area contributed by atoms with Gasteiger partial charge < -0.3 is 25.4 Å². The smallest absolute Gasteiger partial charge is 0.408 e. The molecule has 2 unspecified atom stereocenters. The maximum atomic E-state index is 14.8. The SMILES string of the molecule is CCCCCCCCN(C(=O)C(Cc1ccc(O)cc1)NC(=O)OC(C)(C)C)C(C(=O)Nc1ccccc1C)c1cc(C)cc(C)c1. The van der Waals surface area contributed by atoms with E-state index in [4.69, 9.17) is 4.74 Å². The lowest BCUT2D eigenvalue weighted by Gasteiger charge is -2.35. The Bertz CT molecular complexity index is 1460. The van der Waals surface area contributed by atoms with E-state index in [0.717, 1.165) is 54.4 Å². The second-order valence-electron chi connectivity index (χ2n) is 13.5. The van der Waals surface area contributed by atoms with Gasteiger partial charge in [-0.1, -0.05) is 98.7 Å². The van der Waals surface area contributed by atoms with Crippen LogP contribution in [-0.2, 0) is 20.7 Å². The van der Waals surface area contributed by atoms with Gasteiger partial charge in [0.15, 0.2) is 0 Å². The summed E-state index contributed by atoms with van der Waals surface area (Å²) in [6, 6.07) is 18.0. The highest BCUT2D eigenvalue weighted by atomic mass is 16.6. The second-order valence-corrected chi connectivity index (χ2v) is 13.5. The lowest BCUT2D eigenvalue weighted by molar-refractivity contribution is -0.140. The number of benzene rings is 3. The Kier molecular flexibility index (Phi) is 13.9. The van der Waals surface area contributed by atoms with Crippen LogP contribution >= 0.6 is 0 Å². The van der Waals surface area contributed by atoms with Gasteiger partial charge in [-0.2, -0.15) is 0 Å². The highest BCUT2D eigenvalue weighted by Gasteiger charge is 2.36. The minimum Gasteiger partial charge on any atom is -0.508 e. The zero-order valence-corrected chi connectivity index (χ0v) is 29.2. The molecule has 0 heterocycles. The number of hydrogen-bond acceptors (Lipinski definition) is 5. The molecule has 0 aliphatic carbocycles. The highest BCUT2D eigenvalue weighted by Crippen LogP contribution is 2.28. The maximum Gasteiger partial charge on any atom is 0.408 e. The number of aryl methyl sites for hydroxylation is 3. The van der Waals surface area contributed by atoms with Gasteiger partial charge >= 0.3 is 6.09 Å². The quantitative estimate of drug-likeness (QED) is 0.144. The van der Waals surface area contributed by atoms with Gasteiger partial charge in [-0.15, -0.1) is 0 Å². The van der Waals surface area contributed by atoms with E-state index in [0.29, 0.717) is 24.2 Å². The first-order valence-corrected chi connectivity index (χ1v) is 16.8. The van der Waals surface area contributed by atoms with Crippen LogP contribution in [0.2, 0.25) is 0 Å². The van der Waals surface area contributed by atoms with E-state index in [9.17, 15) is 19.5 Å². The molecule has 0 fully saturated rings. The van der Waals surface area contributed by atoms with Gasteiger partial charge in [-0.05, 0) is 82.9 Å². The summed E-state index contributed by atoms with van der Waals surface area (Å²) in [6.45, 7) is 13.7. The Labute approximate surface area is 280 Å². The van der Waals surface area contributed by atoms with Crippen LogP contribution in [0.3, 0.4) is 0 Å². The fourth-order valence-electron chi connectivity index (χ4n) is 5.70. The van der Waals surface area contributed by atoms with Crippen molar-refractivity contribution < 1.29 is 24.2 Å². The predicted molar refractivity (Wildman–Crippen MR) is 189 cm³/mol. The molecule has 3 aromatic rings. The molecule has 3 amide bonds. The second kappa shape index (κ2) is 17.5. The van der Waals surface area contributed by atoms with Crippen molar-refractivity contribution in [2.24, 2.45) is 0 Å². The Morgan fingerprint density at radius 3 is 2.09 bits per heavy atom. The molecule has 8 heteroatoms. The minimum absolute atomic E-state index is 0.101. The van der Waals surface area contributed by atoms with Crippen molar-refractivity contribution in [1.82, 2.24) is 10.2 Å². The van der Waals surface area contributed by atoms with Crippen LogP contribution in [0.4, 0.5) is 10.5 Å². The number of nitrogens with one attached hydrogen (secondary N) is 2. The molecular formula is C39H53N3O5. The summed E-state index contributed by atoms with van der Waals surface area (Å²) in [4.78, 5) is 44.0. The summed E-state index contributed by atoms with van der Waals surface area (Å²) in [5.74, 6) is -0.616. The van der Waals surface area contributed by atoms with Crippen molar-refractivity contribution in [2.75, 3.05) is 11.9 Å². The molecule has 0 saturated heterocycles. The number of ether oxygens (including phenoxy) is 1. The first kappa shape index (κ1) is 37.1. The summed E-state index contributed by atoms with van der Waals surface area (Å²) in [6.07, 6.45) is 5.47. The third kappa shape index (κ3) is 12.1. The molecule has 3 rings (SSSR count). The molecule has 8 nitrogen and oxygen atoms in total. The molecule has 254 valence electrons. The molecule has 3 N–H and O–H groups in total. The largest absolute Gasteiger partial charge is 0.508 e. The standard InChI is InChI=1S/C39H53N3O5/c1-8-9-10-11-12-15-22-42(37(45)34(41-38(46)47-39(5,6)7)26-30-18-20-32(43)21-19-30)35(31-24-27(2)23-28(3)25-31)36(44)40-33-17-14-13-16-29(33)4/h13-14,16-21,23-25,34-35,43H,8-12,15,22,26H2,1-7H3,(H,40,44)(H,41,46). The monoisotopic (exact) mass is 643 g/mol. The first-order valence-electron chi connectivity index (χ1n) is 16.8. The number of aromatic hydroxyl groups is 1. The predicted octanol–water partition coefficient (Wildman–Crippen LogP) is 8.32. The number of para-hydroxylation sites is 1. The molecule has 47 heavy (non-hydrogen) atoms. The van der Waals surface area contributed by atoms with E-state index < -0.39 is 23.8 Å². The van der Waals surface area contributed by atoms with Crippen LogP contribution in [-0.4, -0.2) is 46.1 Å². The van der Waals surface area contributed by atoms with Gasteiger partial charge in [-0.25, -0.2) is 4.79 Å². The number of phenols is 1. The summed E-state index contributed by atoms with van der Waals surface area (Å²) >= 11 is 0. The average Bonchev–Trinajstić information content (AvgIpc) is 2.98. The number of alkyl carbamates (subject to hydrolysis) is 1. The highest BCUT2D eigenvalue weighted by molar-refractivity contribution is 5.99. The lowest BCUT2D eigenvalue weighted by atomic mass is 9.96. The Morgan fingerprint density at radius 2 is 1.47 bits per heavy atom. The number of amides is 3. The molecule has 0 bridgehead atoms. The number of phenolic OH excluding ortho intramolecular Hbond substituents is 1. The van der Waals surface area contributed by atoms with Crippen molar-refractivity contribution in [3.05, 3.63) is 94.5 Å². The summed E-state index contributed by atoms with van der Waals surface area (Å²) < 4.78 is 5.57. The zero-order chi connectivity index (χ0) is 34.6. The lowest BCUT2D eigenvalue weighted by Crippen LogP contribution is -2.53. The molecular weight excluding hydrogens is 590 g/mol. The Balaban J connectivity index is 2.09. The number of nitrogens with zero attached hydrogens (tertiary/aromatic N) is 1. The van der Waals surface area contributed by atoms with Crippen molar-refractivity contribution in [3.8, 4) is 5.75 Å². The van der Waals surface area contributed by atoms with Crippen LogP contribution in [0.25, 0.3) is 0 Å². The summed E-state index contributed by atoms with van der Waals surface area (Å²) in [7, 11) is 0. The molecule has 0 radical (unpaired) electrons. The normalized spacial score (nSPS) is 12.6. The van der Waals surface area contributed by atoms with E-state index >= 15 is 0 Å². The number of anilines is 1. The van der Waals surface area contributed by atoms with E-state index in [2.05, 4.69) is 17.6 Å². The number of carbonyl (C=O) groups is 3. The molecule has 0 saturated carbocycles. The summed E-state index contributed by atoms with van der Waals surface area (Å²) in [5.41, 5.74) is 4.21. The molecule has 0 aliphatic rings. The first-order chi connectivity index (χ1) is 22.3. The summed E-state index contributed by atoms with van der Waals surface area (Å²) in [5, 5.41) is 15.8. The molecule has 0 aromatic heterocycles. The fraction of sp³-hybridized carbons (Fsp3) is 0.462. The Morgan fingerprint density at radius 1 is 0.851 bits per heavy atom. The minimum atomic E-state index is -1.03. The van der Waals surface area contributed by atoms with Gasteiger partial charge in [0.25, 0.3) is 5.91 Å². The van der Waals surface area contributed by atoms with Gasteiger partial charge in [0.05, 0.1) is 0 Å². The third-order valence-electron chi connectivity index (χ3n) is 7.92. The van der Waals surface area contributed by atoms with Gasteiger partial charge in [0, 0.05) is 18.7 Å². The molecule has 0 aliphatic heterocycles. The van der Waals surface area contributed by atoms with Gasteiger partial charge in [-0.3, -0.25) is 9.59 Å². The van der Waals surface area contributed by atoms with E-state index in [1.165, 1.54) is 0 Å². The molecule has 2 atom stereocenters. The van der Waals surface area contributed by atoms with E-state index in [1.54, 1.807) is 49.9 Å². The van der Waals surface area contributed by atoms with Crippen molar-refractivity contribution in [2.45, 2.75) is 111 Å². The number of hydrogen-bond donors (Lipinski definition) is 3. The van der Waals surface area contributed by atoms with E-state index in [1.807, 2.05) is 63.2 Å². The fourth-order valence-corrected chi connectivity index (χ4v) is 5.70. The van der Waals surface area contributed by atoms with Crippen LogP contribution in [0.15, 0.2) is 66.7 Å². The van der Waals surface area contributed by atoms with Crippen LogP contribution in [0.1, 0.15) is 100 Å². The topological polar surface area (TPSA) is 108 Å². The van der Waals surface area contributed by atoms with Crippen molar-refractivity contribution in [1.29, 1.82) is 0 Å². The maximum absolute atomic E-state index is 14.8. The number of unbranched alkanes of at least 4 members (excludes halogenated alkanes) is 5. The van der Waals surface area contributed by atoms with Crippen molar-refractivity contribution in [3.63, 3.8) is 0 Å². The zero-order valence-electron chi connectivity index (χ0n) is 29.2. The van der Waals surface area contributed by atoms with Crippen LogP contribution in [0.5, 0.6) is 5.75 Å². The van der Waals surface area contributed by atoms with Crippen LogP contribution in [0, 0.1) is 20.8 Å². The number of rotatable bonds is 15. The molecule has 0 spiro atoms. The Hall–Kier alpha value is -4.33. The van der Waals surface area contributed by atoms with Gasteiger partial charge in [0.2, 0.25) is 5.91 Å². The van der Waals surface area contributed by atoms with Crippen LogP contribution < -0.4 is 10.6 Å². The van der Waals surface area contributed by atoms with Crippen molar-refractivity contribution >= 4 is 23.6 Å². The molecule has 3 aromatic carbocycles. The average molecular weight is 644 g/mol.